The van der Waals surface area contributed by atoms with E-state index in [0.29, 0.717) is 41.4 Å². The Balaban J connectivity index is 1.59. The molecule has 0 bridgehead atoms. The van der Waals surface area contributed by atoms with E-state index in [0.717, 1.165) is 49.8 Å². The van der Waals surface area contributed by atoms with Gasteiger partial charge in [-0.25, -0.2) is 0 Å². The Kier molecular flexibility index (Phi) is 5.83. The van der Waals surface area contributed by atoms with Gasteiger partial charge in [-0.1, -0.05) is 5.16 Å². The van der Waals surface area contributed by atoms with Gasteiger partial charge < -0.3 is 15.0 Å². The van der Waals surface area contributed by atoms with Crippen LogP contribution in [0.2, 0.25) is 0 Å². The number of nitriles is 1. The van der Waals surface area contributed by atoms with Gasteiger partial charge in [-0.3, -0.25) is 14.6 Å². The zero-order valence-corrected chi connectivity index (χ0v) is 19.7. The van der Waals surface area contributed by atoms with E-state index in [2.05, 4.69) is 29.1 Å². The number of carbonyl (C=O) groups is 1. The van der Waals surface area contributed by atoms with Gasteiger partial charge in [-0.15, -0.1) is 11.3 Å². The lowest BCUT2D eigenvalue weighted by Crippen LogP contribution is -2.38. The molecular weight excluding hydrogens is 438 g/mol. The molecule has 1 aliphatic carbocycles. The Morgan fingerprint density at radius 2 is 2.06 bits per heavy atom. The van der Waals surface area contributed by atoms with Gasteiger partial charge in [-0.2, -0.15) is 5.26 Å². The molecule has 9 heteroatoms. The van der Waals surface area contributed by atoms with Crippen LogP contribution in [0, 0.1) is 25.2 Å². The fraction of sp³-hybridized carbons (Fsp3) is 0.458. The first-order valence-corrected chi connectivity index (χ1v) is 12.1. The second-order valence-corrected chi connectivity index (χ2v) is 10.0. The summed E-state index contributed by atoms with van der Waals surface area (Å²) >= 11 is 1.65. The summed E-state index contributed by atoms with van der Waals surface area (Å²) in [5.74, 6) is 1.11. The number of Topliss-reactive ketones (excluding diaryl/α,β-unsaturated/α-hetero) is 1. The summed E-state index contributed by atoms with van der Waals surface area (Å²) in [4.78, 5) is 19.6. The van der Waals surface area contributed by atoms with E-state index in [1.807, 2.05) is 0 Å². The number of carbonyl (C=O) groups excluding carboxylic acids is 1. The van der Waals surface area contributed by atoms with Crippen LogP contribution in [0.5, 0.6) is 0 Å². The van der Waals surface area contributed by atoms with Crippen molar-refractivity contribution in [2.75, 3.05) is 31.2 Å². The van der Waals surface area contributed by atoms with Crippen molar-refractivity contribution < 1.29 is 14.1 Å². The number of ketones is 1. The Morgan fingerprint density at radius 3 is 2.76 bits per heavy atom. The minimum atomic E-state index is -0.441. The summed E-state index contributed by atoms with van der Waals surface area (Å²) in [5.41, 5.74) is 9.72. The monoisotopic (exact) mass is 465 g/mol. The van der Waals surface area contributed by atoms with Gasteiger partial charge in [0, 0.05) is 53.1 Å². The van der Waals surface area contributed by atoms with Gasteiger partial charge in [0.05, 0.1) is 30.8 Å². The number of allylic oxidation sites excluding steroid dienone is 3. The number of nitrogens with two attached hydrogens (primary N) is 1. The summed E-state index contributed by atoms with van der Waals surface area (Å²) in [7, 11) is 0. The van der Waals surface area contributed by atoms with Gasteiger partial charge in [0.15, 0.2) is 11.6 Å². The van der Waals surface area contributed by atoms with Crippen LogP contribution >= 0.6 is 11.3 Å². The molecule has 0 radical (unpaired) electrons. The highest BCUT2D eigenvalue weighted by molar-refractivity contribution is 7.12. The normalized spacial score (nSPS) is 22.0. The van der Waals surface area contributed by atoms with Crippen molar-refractivity contribution in [1.29, 1.82) is 5.26 Å². The number of hydrogen-bond acceptors (Lipinski definition) is 9. The van der Waals surface area contributed by atoms with Crippen LogP contribution < -0.4 is 10.6 Å². The Hall–Kier alpha value is -2.93. The van der Waals surface area contributed by atoms with E-state index >= 15 is 0 Å². The number of ether oxygens (including phenoxy) is 1. The summed E-state index contributed by atoms with van der Waals surface area (Å²) in [6.45, 7) is 8.06. The van der Waals surface area contributed by atoms with Crippen LogP contribution in [0.25, 0.3) is 0 Å². The Bertz CT molecular complexity index is 1200. The third-order valence-corrected chi connectivity index (χ3v) is 7.74. The molecule has 2 aromatic heterocycles. The highest BCUT2D eigenvalue weighted by Crippen LogP contribution is 2.48. The Morgan fingerprint density at radius 1 is 1.27 bits per heavy atom. The molecule has 1 saturated heterocycles. The van der Waals surface area contributed by atoms with Crippen molar-refractivity contribution in [2.45, 2.75) is 45.6 Å². The topological polar surface area (TPSA) is 109 Å². The third-order valence-electron chi connectivity index (χ3n) is 6.58. The van der Waals surface area contributed by atoms with E-state index < -0.39 is 5.92 Å². The van der Waals surface area contributed by atoms with Crippen molar-refractivity contribution in [3.8, 4) is 6.07 Å². The number of aryl methyl sites for hydroxylation is 2. The summed E-state index contributed by atoms with van der Waals surface area (Å²) in [6, 6.07) is 6.26. The number of thiophene rings is 1. The van der Waals surface area contributed by atoms with Crippen LogP contribution in [-0.2, 0) is 16.1 Å². The van der Waals surface area contributed by atoms with Crippen molar-refractivity contribution in [1.82, 2.24) is 10.1 Å². The van der Waals surface area contributed by atoms with E-state index in [4.69, 9.17) is 15.0 Å². The van der Waals surface area contributed by atoms with Gasteiger partial charge in [0.25, 0.3) is 0 Å². The van der Waals surface area contributed by atoms with E-state index in [-0.39, 0.29) is 5.78 Å². The number of aromatic nitrogens is 1. The van der Waals surface area contributed by atoms with Crippen LogP contribution in [0.3, 0.4) is 0 Å². The molecule has 0 unspecified atom stereocenters. The second kappa shape index (κ2) is 8.78. The highest BCUT2D eigenvalue weighted by Gasteiger charge is 2.41. The average Bonchev–Trinajstić information content (AvgIpc) is 3.39. The second-order valence-electron chi connectivity index (χ2n) is 8.73. The van der Waals surface area contributed by atoms with E-state index in [1.165, 1.54) is 10.4 Å². The zero-order chi connectivity index (χ0) is 23.1. The molecule has 5 rings (SSSR count). The lowest BCUT2D eigenvalue weighted by molar-refractivity contribution is -0.116. The maximum Gasteiger partial charge on any atom is 0.182 e. The number of anilines is 1. The predicted octanol–water partition coefficient (Wildman–Crippen LogP) is 3.49. The molecule has 4 heterocycles. The molecule has 1 fully saturated rings. The molecule has 0 spiro atoms. The van der Waals surface area contributed by atoms with Gasteiger partial charge in [-0.05, 0) is 38.3 Å². The van der Waals surface area contributed by atoms with E-state index in [9.17, 15) is 10.1 Å². The van der Waals surface area contributed by atoms with Crippen LogP contribution in [0.15, 0.2) is 39.3 Å². The molecule has 8 nitrogen and oxygen atoms in total. The van der Waals surface area contributed by atoms with Crippen molar-refractivity contribution in [3.05, 3.63) is 55.9 Å². The van der Waals surface area contributed by atoms with E-state index in [1.54, 1.807) is 29.2 Å². The van der Waals surface area contributed by atoms with Gasteiger partial charge in [0.1, 0.15) is 11.6 Å². The number of nitrogens with zero attached hydrogens (tertiary/aromatic N) is 4. The molecule has 0 saturated carbocycles. The summed E-state index contributed by atoms with van der Waals surface area (Å²) in [5, 5.41) is 14.3. The number of morpholine rings is 1. The molecule has 1 atom stereocenters. The van der Waals surface area contributed by atoms with Crippen molar-refractivity contribution in [3.63, 3.8) is 0 Å². The molecule has 2 aromatic rings. The molecule has 172 valence electrons. The smallest absolute Gasteiger partial charge is 0.182 e. The lowest BCUT2D eigenvalue weighted by atomic mass is 9.78. The van der Waals surface area contributed by atoms with Crippen LogP contribution in [-0.4, -0.2) is 42.1 Å². The molecule has 33 heavy (non-hydrogen) atoms. The maximum absolute atomic E-state index is 13.3. The first-order valence-electron chi connectivity index (χ1n) is 11.3. The molecule has 3 aliphatic rings. The van der Waals surface area contributed by atoms with Crippen molar-refractivity contribution >= 4 is 22.9 Å². The highest BCUT2D eigenvalue weighted by atomic mass is 32.1. The fourth-order valence-corrected chi connectivity index (χ4v) is 6.10. The minimum absolute atomic E-state index is 0.0764. The molecular formula is C24H27N5O3S. The SMILES string of the molecule is Cc1cc(N2C(N)=C(C#N)[C@H](c3cc(CN4CCOCC4)c(C)s3)C3=C2CCCC3=O)no1. The molecule has 2 aliphatic heterocycles. The van der Waals surface area contributed by atoms with Crippen molar-refractivity contribution in [2.24, 2.45) is 5.73 Å². The minimum Gasteiger partial charge on any atom is -0.384 e. The Labute approximate surface area is 196 Å². The summed E-state index contributed by atoms with van der Waals surface area (Å²) in [6.07, 6.45) is 1.93. The molecule has 0 aromatic carbocycles. The zero-order valence-electron chi connectivity index (χ0n) is 18.9. The lowest BCUT2D eigenvalue weighted by Gasteiger charge is -2.37. The number of hydrogen-bond donors (Lipinski definition) is 1. The molecule has 2 N–H and O–H groups in total. The van der Waals surface area contributed by atoms with Gasteiger partial charge >= 0.3 is 0 Å². The maximum atomic E-state index is 13.3. The fourth-order valence-electron chi connectivity index (χ4n) is 4.94. The first-order chi connectivity index (χ1) is 16.0. The first kappa shape index (κ1) is 21.9. The average molecular weight is 466 g/mol. The summed E-state index contributed by atoms with van der Waals surface area (Å²) < 4.78 is 10.7. The third kappa shape index (κ3) is 3.88. The van der Waals surface area contributed by atoms with Crippen LogP contribution in [0.1, 0.15) is 46.3 Å². The largest absolute Gasteiger partial charge is 0.384 e. The standard InChI is InChI=1S/C24H27N5O3S/c1-14-10-21(27-32-14)29-18-4-3-5-19(30)23(18)22(17(12-25)24(29)26)20-11-16(15(2)33-20)13-28-6-8-31-9-7-28/h10-11,22H,3-9,13,26H2,1-2H3/t22-/m1/s1. The quantitative estimate of drug-likeness (QED) is 0.731. The predicted molar refractivity (Wildman–Crippen MR) is 124 cm³/mol. The molecule has 0 amide bonds. The van der Waals surface area contributed by atoms with Crippen LogP contribution in [0.4, 0.5) is 5.82 Å². The number of rotatable bonds is 4. The van der Waals surface area contributed by atoms with Gasteiger partial charge in [0.2, 0.25) is 0 Å².